The van der Waals surface area contributed by atoms with E-state index in [4.69, 9.17) is 0 Å². The average molecular weight is 447 g/mol. The van der Waals surface area contributed by atoms with Crippen LogP contribution >= 0.6 is 0 Å². The zero-order valence-electron chi connectivity index (χ0n) is 18.1. The van der Waals surface area contributed by atoms with Gasteiger partial charge in [-0.15, -0.1) is 0 Å². The molecule has 33 heavy (non-hydrogen) atoms. The molecule has 1 amide bonds. The van der Waals surface area contributed by atoms with Gasteiger partial charge in [0.1, 0.15) is 17.8 Å². The molecule has 2 aliphatic rings. The lowest BCUT2D eigenvalue weighted by atomic mass is 10.1. The predicted octanol–water partition coefficient (Wildman–Crippen LogP) is 2.45. The maximum atomic E-state index is 12.2. The number of benzene rings is 2. The van der Waals surface area contributed by atoms with E-state index in [2.05, 4.69) is 25.9 Å². The molecule has 1 saturated carbocycles. The summed E-state index contributed by atoms with van der Waals surface area (Å²) >= 11 is 0. The topological polar surface area (TPSA) is 125 Å². The van der Waals surface area contributed by atoms with Gasteiger partial charge in [0, 0.05) is 55.8 Å². The minimum Gasteiger partial charge on any atom is -0.365 e. The number of fused-ring (bicyclic) bond motifs is 1. The summed E-state index contributed by atoms with van der Waals surface area (Å²) in [5, 5.41) is 21.9. The largest absolute Gasteiger partial charge is 0.365 e. The number of nitro benzene ring substituents is 1. The minimum atomic E-state index is -0.348. The van der Waals surface area contributed by atoms with Gasteiger partial charge in [-0.05, 0) is 36.6 Å². The average Bonchev–Trinajstić information content (AvgIpc) is 3.66. The van der Waals surface area contributed by atoms with Crippen LogP contribution in [0.3, 0.4) is 0 Å². The third-order valence-electron chi connectivity index (χ3n) is 5.97. The molecule has 0 bridgehead atoms. The summed E-state index contributed by atoms with van der Waals surface area (Å²) in [7, 11) is 0. The van der Waals surface area contributed by atoms with E-state index in [-0.39, 0.29) is 16.5 Å². The van der Waals surface area contributed by atoms with Crippen LogP contribution in [0.5, 0.6) is 0 Å². The van der Waals surface area contributed by atoms with Crippen molar-refractivity contribution in [1.29, 1.82) is 0 Å². The van der Waals surface area contributed by atoms with Crippen molar-refractivity contribution in [2.75, 3.05) is 36.4 Å². The summed E-state index contributed by atoms with van der Waals surface area (Å²) in [6.07, 6.45) is 3.56. The maximum absolute atomic E-state index is 12.2. The highest BCUT2D eigenvalue weighted by Crippen LogP contribution is 2.34. The molecule has 5 rings (SSSR count). The summed E-state index contributed by atoms with van der Waals surface area (Å²) < 4.78 is 0. The van der Waals surface area contributed by atoms with Gasteiger partial charge in [0.05, 0.1) is 10.4 Å². The first kappa shape index (κ1) is 21.1. The van der Waals surface area contributed by atoms with Crippen LogP contribution in [0.25, 0.3) is 10.9 Å². The minimum absolute atomic E-state index is 0.0493. The molecule has 0 spiro atoms. The Bertz CT molecular complexity index is 1190. The highest BCUT2D eigenvalue weighted by Gasteiger charge is 2.24. The molecule has 10 heteroatoms. The second-order valence-electron chi connectivity index (χ2n) is 8.37. The number of amides is 1. The van der Waals surface area contributed by atoms with Crippen LogP contribution in [0, 0.1) is 10.1 Å². The number of nitrogens with zero attached hydrogens (tertiary/aromatic N) is 4. The summed E-state index contributed by atoms with van der Waals surface area (Å²) in [6.45, 7) is 3.44. The van der Waals surface area contributed by atoms with Gasteiger partial charge in [-0.1, -0.05) is 12.1 Å². The van der Waals surface area contributed by atoms with E-state index in [1.807, 2.05) is 17.0 Å². The first-order chi connectivity index (χ1) is 16.1. The number of nitro groups is 1. The van der Waals surface area contributed by atoms with Crippen LogP contribution in [0.2, 0.25) is 0 Å². The highest BCUT2D eigenvalue weighted by molar-refractivity contribution is 5.95. The molecule has 170 valence electrons. The van der Waals surface area contributed by atoms with E-state index in [9.17, 15) is 14.9 Å². The second-order valence-corrected chi connectivity index (χ2v) is 8.37. The number of hydrogen-bond acceptors (Lipinski definition) is 8. The lowest BCUT2D eigenvalue weighted by Crippen LogP contribution is -2.43. The number of hydrogen-bond donors (Lipinski definition) is 3. The monoisotopic (exact) mass is 447 g/mol. The fraction of sp³-hybridized carbons (Fsp3) is 0.348. The summed E-state index contributed by atoms with van der Waals surface area (Å²) in [6, 6.07) is 11.0. The molecule has 10 nitrogen and oxygen atoms in total. The Balaban J connectivity index is 1.36. The molecule has 1 saturated heterocycles. The van der Waals surface area contributed by atoms with Crippen molar-refractivity contribution >= 4 is 34.0 Å². The first-order valence-corrected chi connectivity index (χ1v) is 11.1. The van der Waals surface area contributed by atoms with E-state index >= 15 is 0 Å². The van der Waals surface area contributed by atoms with Crippen LogP contribution in [-0.4, -0.2) is 53.0 Å². The fourth-order valence-electron chi connectivity index (χ4n) is 3.98. The Labute approximate surface area is 190 Å². The van der Waals surface area contributed by atoms with Crippen LogP contribution in [-0.2, 0) is 6.54 Å². The Morgan fingerprint density at radius 1 is 1.15 bits per heavy atom. The van der Waals surface area contributed by atoms with Gasteiger partial charge >= 0.3 is 0 Å². The maximum Gasteiger partial charge on any atom is 0.293 e. The Morgan fingerprint density at radius 2 is 1.91 bits per heavy atom. The van der Waals surface area contributed by atoms with Crippen molar-refractivity contribution in [2.24, 2.45) is 0 Å². The van der Waals surface area contributed by atoms with Gasteiger partial charge in [-0.25, -0.2) is 9.97 Å². The number of aromatic nitrogens is 2. The quantitative estimate of drug-likeness (QED) is 0.373. The molecule has 1 aliphatic heterocycles. The third kappa shape index (κ3) is 4.70. The summed E-state index contributed by atoms with van der Waals surface area (Å²) in [4.78, 5) is 34.3. The van der Waals surface area contributed by atoms with Crippen LogP contribution in [0.4, 0.5) is 17.2 Å². The molecular weight excluding hydrogens is 422 g/mol. The summed E-state index contributed by atoms with van der Waals surface area (Å²) in [5.74, 6) is 0.483. The van der Waals surface area contributed by atoms with Crippen molar-refractivity contribution in [3.8, 4) is 0 Å². The molecular formula is C23H25N7O3. The van der Waals surface area contributed by atoms with Gasteiger partial charge in [0.15, 0.2) is 0 Å². The number of piperazine rings is 1. The number of rotatable bonds is 7. The van der Waals surface area contributed by atoms with E-state index in [0.717, 1.165) is 31.5 Å². The lowest BCUT2D eigenvalue weighted by Gasteiger charge is -2.29. The van der Waals surface area contributed by atoms with Crippen LogP contribution in [0.1, 0.15) is 28.8 Å². The number of carbonyl (C=O) groups excluding carboxylic acids is 1. The van der Waals surface area contributed by atoms with Crippen LogP contribution in [0.15, 0.2) is 42.7 Å². The molecule has 3 aromatic rings. The molecule has 2 fully saturated rings. The molecule has 2 aromatic carbocycles. The zero-order chi connectivity index (χ0) is 22.8. The SMILES string of the molecule is O=C(NC1CC1)c1ccc(CNc2ncnc3cc(N4CCNCC4)c([N+](=O)[O-])cc23)cc1. The molecule has 0 unspecified atom stereocenters. The number of anilines is 2. The van der Waals surface area contributed by atoms with E-state index < -0.39 is 0 Å². The zero-order valence-corrected chi connectivity index (χ0v) is 18.1. The molecule has 1 aliphatic carbocycles. The molecule has 1 aromatic heterocycles. The normalized spacial score (nSPS) is 15.9. The van der Waals surface area contributed by atoms with Gasteiger partial charge in [-0.2, -0.15) is 0 Å². The Kier molecular flexibility index (Phi) is 5.74. The van der Waals surface area contributed by atoms with Crippen molar-refractivity contribution in [2.45, 2.75) is 25.4 Å². The van der Waals surface area contributed by atoms with Gasteiger partial charge in [0.25, 0.3) is 11.6 Å². The van der Waals surface area contributed by atoms with Gasteiger partial charge < -0.3 is 20.9 Å². The van der Waals surface area contributed by atoms with Crippen LogP contribution < -0.4 is 20.9 Å². The van der Waals surface area contributed by atoms with Gasteiger partial charge in [0.2, 0.25) is 0 Å². The Hall–Kier alpha value is -3.79. The first-order valence-electron chi connectivity index (χ1n) is 11.1. The van der Waals surface area contributed by atoms with Crippen molar-refractivity contribution < 1.29 is 9.72 Å². The number of carbonyl (C=O) groups is 1. The lowest BCUT2D eigenvalue weighted by molar-refractivity contribution is -0.384. The van der Waals surface area contributed by atoms with Gasteiger partial charge in [-0.3, -0.25) is 14.9 Å². The second kappa shape index (κ2) is 8.99. The van der Waals surface area contributed by atoms with Crippen molar-refractivity contribution in [3.63, 3.8) is 0 Å². The fourth-order valence-corrected chi connectivity index (χ4v) is 3.98. The molecule has 0 atom stereocenters. The van der Waals surface area contributed by atoms with E-state index in [1.54, 1.807) is 24.3 Å². The number of nitrogens with one attached hydrogen (secondary N) is 3. The highest BCUT2D eigenvalue weighted by atomic mass is 16.6. The molecule has 2 heterocycles. The Morgan fingerprint density at radius 3 is 2.61 bits per heavy atom. The van der Waals surface area contributed by atoms with Crippen molar-refractivity contribution in [1.82, 2.24) is 20.6 Å². The smallest absolute Gasteiger partial charge is 0.293 e. The molecule has 0 radical (unpaired) electrons. The van der Waals surface area contributed by atoms with Crippen molar-refractivity contribution in [3.05, 3.63) is 64.0 Å². The standard InChI is InChI=1S/C23H25N7O3/c31-23(28-17-5-6-17)16-3-1-15(2-4-16)13-25-22-18-11-21(30(32)33)20(12-19(18)26-14-27-22)29-9-7-24-8-10-29/h1-4,11-12,14,17,24H,5-10,13H2,(H,28,31)(H,25,26,27). The van der Waals surface area contributed by atoms with E-state index in [0.29, 0.717) is 53.6 Å². The molecule has 3 N–H and O–H groups in total. The van der Waals surface area contributed by atoms with E-state index in [1.165, 1.54) is 6.33 Å². The predicted molar refractivity (Wildman–Crippen MR) is 126 cm³/mol. The third-order valence-corrected chi connectivity index (χ3v) is 5.97. The summed E-state index contributed by atoms with van der Waals surface area (Å²) in [5.41, 5.74) is 2.89.